The molecule has 0 radical (unpaired) electrons. The van der Waals surface area contributed by atoms with Gasteiger partial charge >= 0.3 is 6.03 Å². The number of aromatic amines is 1. The van der Waals surface area contributed by atoms with Crippen molar-refractivity contribution in [3.8, 4) is 29.4 Å². The lowest BCUT2D eigenvalue weighted by molar-refractivity contribution is -0.142. The van der Waals surface area contributed by atoms with E-state index >= 15 is 0 Å². The zero-order valence-electron chi connectivity index (χ0n) is 41.6. The van der Waals surface area contributed by atoms with E-state index < -0.39 is 23.6 Å². The van der Waals surface area contributed by atoms with Gasteiger partial charge in [-0.1, -0.05) is 56.0 Å². The second-order valence-electron chi connectivity index (χ2n) is 21.4. The molecule has 18 heteroatoms. The molecule has 3 unspecified atom stereocenters. The van der Waals surface area contributed by atoms with Gasteiger partial charge in [-0.15, -0.1) is 16.6 Å². The minimum atomic E-state index is -0.913. The standard InChI is InChI=1S/C54H66N12O5S/c1-6-34-11-13-35(14-12-34)27-55-49(69)44-23-39(67)30-66(44)50(70)47(53(3,4)18-19-58-72-5)60-52(71)64-31-54(32-64)25-38(26-54)63-20-15-36(16-21-63)37-28-56-51(57-29-37)65-22-17-42-46(33(65)2)41-24-43(61-62-48(41)59-42)40-9-7-8-10-45(40)68/h1,7-14,24,28-29,33,36,38-39,44,47,58,67-68H,15-23,25-27,30-32H2,2-5H3,(H,55,69)(H,59,62)(H,60,71)/t33?,39?,44-,47?/m0/s1. The maximum Gasteiger partial charge on any atom is 0.318 e. The number of aromatic nitrogens is 5. The first-order valence-corrected chi connectivity index (χ1v) is 26.6. The van der Waals surface area contributed by atoms with E-state index in [0.717, 1.165) is 85.2 Å². The molecule has 4 amide bonds. The molecule has 7 heterocycles. The first-order valence-electron chi connectivity index (χ1n) is 25.4. The highest BCUT2D eigenvalue weighted by Gasteiger charge is 2.56. The van der Waals surface area contributed by atoms with Crippen molar-refractivity contribution in [2.24, 2.45) is 10.8 Å². The summed E-state index contributed by atoms with van der Waals surface area (Å²) in [5.41, 5.74) is 6.51. The topological polar surface area (TPSA) is 208 Å². The van der Waals surface area contributed by atoms with E-state index in [0.29, 0.717) is 55.2 Å². The number of phenols is 1. The third-order valence-electron chi connectivity index (χ3n) is 16.2. The van der Waals surface area contributed by atoms with Gasteiger partial charge < -0.3 is 45.4 Å². The second-order valence-corrected chi connectivity index (χ2v) is 22.1. The molecule has 4 aliphatic heterocycles. The number of carbonyl (C=O) groups excluding carboxylic acids is 3. The number of para-hydroxylation sites is 1. The number of carbonyl (C=O) groups is 3. The van der Waals surface area contributed by atoms with Crippen LogP contribution in [0.1, 0.15) is 99.2 Å². The average molecular weight is 995 g/mol. The molecule has 10 rings (SSSR count). The number of benzene rings is 2. The highest BCUT2D eigenvalue weighted by molar-refractivity contribution is 7.96. The van der Waals surface area contributed by atoms with Crippen molar-refractivity contribution >= 4 is 46.8 Å². The van der Waals surface area contributed by atoms with Gasteiger partial charge in [-0.25, -0.2) is 14.8 Å². The summed E-state index contributed by atoms with van der Waals surface area (Å²) in [6.45, 7) is 11.1. The molecule has 0 bridgehead atoms. The normalized spacial score (nSPS) is 21.7. The van der Waals surface area contributed by atoms with E-state index in [1.165, 1.54) is 22.4 Å². The third-order valence-corrected chi connectivity index (χ3v) is 16.7. The van der Waals surface area contributed by atoms with Gasteiger partial charge in [0.1, 0.15) is 17.8 Å². The Labute approximate surface area is 425 Å². The van der Waals surface area contributed by atoms with Crippen LogP contribution in [-0.2, 0) is 22.6 Å². The number of hydrogen-bond acceptors (Lipinski definition) is 13. The van der Waals surface area contributed by atoms with E-state index in [-0.39, 0.29) is 54.6 Å². The molecule has 6 N–H and O–H groups in total. The predicted octanol–water partition coefficient (Wildman–Crippen LogP) is 5.51. The van der Waals surface area contributed by atoms with Gasteiger partial charge in [0.15, 0.2) is 5.65 Å². The molecule has 2 aromatic carbocycles. The Balaban J connectivity index is 0.712. The number of hydrogen-bond donors (Lipinski definition) is 6. The number of β-amino-alcohol motifs (C(OH)–C–C–N with tert-alkyl or cyclic N) is 1. The molecule has 1 saturated carbocycles. The number of nitrogens with one attached hydrogen (secondary N) is 4. The van der Waals surface area contributed by atoms with E-state index in [9.17, 15) is 24.6 Å². The molecule has 72 heavy (non-hydrogen) atoms. The quantitative estimate of drug-likeness (QED) is 0.0462. The van der Waals surface area contributed by atoms with Crippen LogP contribution in [-0.4, -0.2) is 144 Å². The largest absolute Gasteiger partial charge is 0.507 e. The van der Waals surface area contributed by atoms with Crippen LogP contribution in [0.3, 0.4) is 0 Å². The lowest BCUT2D eigenvalue weighted by atomic mass is 9.60. The summed E-state index contributed by atoms with van der Waals surface area (Å²) >= 11 is 1.50. The number of anilines is 1. The monoisotopic (exact) mass is 994 g/mol. The average Bonchev–Trinajstić information content (AvgIpc) is 3.95. The summed E-state index contributed by atoms with van der Waals surface area (Å²) in [6.07, 6.45) is 16.3. The minimum absolute atomic E-state index is 0.00719. The van der Waals surface area contributed by atoms with Crippen LogP contribution < -0.4 is 20.3 Å². The molecule has 3 saturated heterocycles. The molecule has 1 spiro atoms. The Morgan fingerprint density at radius 3 is 2.47 bits per heavy atom. The fourth-order valence-corrected chi connectivity index (χ4v) is 12.3. The summed E-state index contributed by atoms with van der Waals surface area (Å²) in [5, 5.41) is 37.2. The number of terminal acetylenes is 1. The predicted molar refractivity (Wildman–Crippen MR) is 278 cm³/mol. The SMILES string of the molecule is C#Cc1ccc(CNC(=O)[C@@H]2CC(O)CN2C(=O)C(NC(=O)N2CC3(CC(N4CCC(c5cnc(N6CCc7[nH]c8nnc(-c9ccccc9O)cc8c7C6C)nc5)CC4)C3)C2)C(C)(C)CCNSC)cc1. The summed E-state index contributed by atoms with van der Waals surface area (Å²) in [7, 11) is 0. The molecule has 3 aromatic heterocycles. The lowest BCUT2D eigenvalue weighted by Gasteiger charge is -2.61. The van der Waals surface area contributed by atoms with E-state index in [4.69, 9.17) is 16.4 Å². The third kappa shape index (κ3) is 9.83. The van der Waals surface area contributed by atoms with Crippen LogP contribution in [0.4, 0.5) is 10.7 Å². The molecular weight excluding hydrogens is 929 g/mol. The maximum absolute atomic E-state index is 14.6. The number of nitrogens with zero attached hydrogens (tertiary/aromatic N) is 8. The number of likely N-dealkylation sites (tertiary alicyclic amines) is 3. The Morgan fingerprint density at radius 1 is 1.03 bits per heavy atom. The molecule has 4 fully saturated rings. The summed E-state index contributed by atoms with van der Waals surface area (Å²) in [4.78, 5) is 63.7. The highest BCUT2D eigenvalue weighted by atomic mass is 32.2. The van der Waals surface area contributed by atoms with E-state index in [1.807, 2.05) is 79.9 Å². The fourth-order valence-electron chi connectivity index (χ4n) is 12.0. The number of H-pyrrole nitrogens is 1. The number of fused-ring (bicyclic) bond motifs is 3. The number of aliphatic hydroxyl groups excluding tert-OH is 1. The number of amides is 4. The first kappa shape index (κ1) is 49.3. The Morgan fingerprint density at radius 2 is 1.76 bits per heavy atom. The van der Waals surface area contributed by atoms with Gasteiger partial charge in [0, 0.05) is 104 Å². The fraction of sp³-hybridized carbons (Fsp3) is 0.500. The van der Waals surface area contributed by atoms with Crippen molar-refractivity contribution in [3.05, 3.63) is 94.9 Å². The van der Waals surface area contributed by atoms with Crippen molar-refractivity contribution in [3.63, 3.8) is 0 Å². The van der Waals surface area contributed by atoms with Crippen LogP contribution in [0.15, 0.2) is 67.0 Å². The van der Waals surface area contributed by atoms with Gasteiger partial charge in [0.05, 0.1) is 17.8 Å². The van der Waals surface area contributed by atoms with Crippen LogP contribution >= 0.6 is 11.9 Å². The summed E-state index contributed by atoms with van der Waals surface area (Å²) in [6, 6.07) is 15.0. The van der Waals surface area contributed by atoms with Gasteiger partial charge in [-0.05, 0) is 111 Å². The van der Waals surface area contributed by atoms with Crippen LogP contribution in [0.5, 0.6) is 5.75 Å². The summed E-state index contributed by atoms with van der Waals surface area (Å²) < 4.78 is 3.27. The molecule has 4 atom stereocenters. The number of phenolic OH excluding ortho intramolecular Hbond substituents is 1. The summed E-state index contributed by atoms with van der Waals surface area (Å²) in [5.74, 6) is 3.15. The lowest BCUT2D eigenvalue weighted by Crippen LogP contribution is -2.70. The van der Waals surface area contributed by atoms with Crippen molar-refractivity contribution in [1.29, 1.82) is 0 Å². The van der Waals surface area contributed by atoms with Crippen molar-refractivity contribution in [2.45, 2.75) is 108 Å². The number of rotatable bonds is 14. The Bertz CT molecular complexity index is 2830. The van der Waals surface area contributed by atoms with Gasteiger partial charge in [-0.2, -0.15) is 0 Å². The van der Waals surface area contributed by atoms with E-state index in [1.54, 1.807) is 12.1 Å². The zero-order valence-corrected chi connectivity index (χ0v) is 42.4. The minimum Gasteiger partial charge on any atom is -0.507 e. The molecule has 5 aromatic rings. The smallest absolute Gasteiger partial charge is 0.318 e. The zero-order chi connectivity index (χ0) is 50.3. The van der Waals surface area contributed by atoms with Crippen molar-refractivity contribution in [1.82, 2.24) is 55.2 Å². The number of piperidine rings is 1. The van der Waals surface area contributed by atoms with Crippen molar-refractivity contribution < 1.29 is 24.6 Å². The Kier molecular flexibility index (Phi) is 13.9. The molecule has 378 valence electrons. The number of aromatic hydroxyl groups is 1. The maximum atomic E-state index is 14.6. The number of aliphatic hydroxyl groups is 1. The van der Waals surface area contributed by atoms with Gasteiger partial charge in [-0.3, -0.25) is 14.3 Å². The van der Waals surface area contributed by atoms with Gasteiger partial charge in [0.25, 0.3) is 0 Å². The van der Waals surface area contributed by atoms with Crippen LogP contribution in [0.2, 0.25) is 0 Å². The molecule has 17 nitrogen and oxygen atoms in total. The number of urea groups is 1. The van der Waals surface area contributed by atoms with Crippen LogP contribution in [0.25, 0.3) is 22.3 Å². The second kappa shape index (κ2) is 20.3. The van der Waals surface area contributed by atoms with E-state index in [2.05, 4.69) is 53.2 Å². The van der Waals surface area contributed by atoms with Crippen LogP contribution in [0, 0.1) is 23.2 Å². The molecular formula is C54H66N12O5S. The van der Waals surface area contributed by atoms with Crippen molar-refractivity contribution in [2.75, 3.05) is 57.0 Å². The molecule has 5 aliphatic rings. The Hall–Kier alpha value is -6.26. The molecule has 1 aliphatic carbocycles. The van der Waals surface area contributed by atoms with Gasteiger partial charge in [0.2, 0.25) is 17.8 Å². The first-order chi connectivity index (χ1) is 34.7. The highest BCUT2D eigenvalue weighted by Crippen LogP contribution is 2.51.